The fourth-order valence-corrected chi connectivity index (χ4v) is 2.94. The van der Waals surface area contributed by atoms with E-state index in [0.29, 0.717) is 18.2 Å². The van der Waals surface area contributed by atoms with Crippen LogP contribution >= 0.6 is 11.8 Å². The second-order valence-electron chi connectivity index (χ2n) is 3.88. The molecule has 16 heavy (non-hydrogen) atoms. The highest BCUT2D eigenvalue weighted by molar-refractivity contribution is 7.99. The molecule has 0 saturated carbocycles. The second kappa shape index (κ2) is 6.10. The van der Waals surface area contributed by atoms with Crippen molar-refractivity contribution in [2.24, 2.45) is 11.7 Å². The number of carbonyl (C=O) groups is 2. The minimum Gasteiger partial charge on any atom is -0.480 e. The molecule has 1 heterocycles. The lowest BCUT2D eigenvalue weighted by Crippen LogP contribution is -2.46. The van der Waals surface area contributed by atoms with Crippen LogP contribution in [0.3, 0.4) is 0 Å². The van der Waals surface area contributed by atoms with E-state index < -0.39 is 12.0 Å². The third-order valence-electron chi connectivity index (χ3n) is 2.72. The van der Waals surface area contributed by atoms with Crippen molar-refractivity contribution in [1.29, 1.82) is 0 Å². The Kier molecular flexibility index (Phi) is 5.08. The van der Waals surface area contributed by atoms with Crippen molar-refractivity contribution < 1.29 is 14.7 Å². The molecule has 0 spiro atoms. The third-order valence-corrected chi connectivity index (χ3v) is 3.73. The maximum Gasteiger partial charge on any atom is 0.327 e. The summed E-state index contributed by atoms with van der Waals surface area (Å²) in [4.78, 5) is 24.4. The molecule has 0 aliphatic carbocycles. The number of hydrogen-bond acceptors (Lipinski definition) is 4. The Bertz CT molecular complexity index is 273. The van der Waals surface area contributed by atoms with Crippen LogP contribution in [-0.4, -0.2) is 46.1 Å². The van der Waals surface area contributed by atoms with Crippen LogP contribution in [0.1, 0.15) is 19.8 Å². The topological polar surface area (TPSA) is 83.6 Å². The van der Waals surface area contributed by atoms with E-state index in [1.54, 1.807) is 0 Å². The molecule has 1 aliphatic rings. The van der Waals surface area contributed by atoms with Gasteiger partial charge in [0, 0.05) is 12.3 Å². The van der Waals surface area contributed by atoms with Crippen LogP contribution in [-0.2, 0) is 9.59 Å². The van der Waals surface area contributed by atoms with Crippen molar-refractivity contribution in [2.75, 3.05) is 18.2 Å². The van der Waals surface area contributed by atoms with Crippen LogP contribution in [0.5, 0.6) is 0 Å². The number of aliphatic carboxylic acids is 1. The highest BCUT2D eigenvalue weighted by Gasteiger charge is 2.36. The summed E-state index contributed by atoms with van der Waals surface area (Å²) in [7, 11) is 0. The predicted octanol–water partition coefficient (Wildman–Crippen LogP) is 0.347. The summed E-state index contributed by atoms with van der Waals surface area (Å²) >= 11 is 1.48. The van der Waals surface area contributed by atoms with E-state index in [2.05, 4.69) is 0 Å². The van der Waals surface area contributed by atoms with Gasteiger partial charge in [0.25, 0.3) is 0 Å². The van der Waals surface area contributed by atoms with Crippen LogP contribution in [0.2, 0.25) is 0 Å². The van der Waals surface area contributed by atoms with Gasteiger partial charge in [-0.15, -0.1) is 11.8 Å². The Morgan fingerprint density at radius 3 is 2.81 bits per heavy atom. The molecule has 1 unspecified atom stereocenters. The van der Waals surface area contributed by atoms with Crippen LogP contribution in [0.4, 0.5) is 0 Å². The molecule has 1 fully saturated rings. The fraction of sp³-hybridized carbons (Fsp3) is 0.800. The van der Waals surface area contributed by atoms with Gasteiger partial charge in [0.2, 0.25) is 5.91 Å². The van der Waals surface area contributed by atoms with Gasteiger partial charge in [0.05, 0.1) is 11.8 Å². The van der Waals surface area contributed by atoms with E-state index >= 15 is 0 Å². The summed E-state index contributed by atoms with van der Waals surface area (Å²) in [5, 5.41) is 8.98. The number of thioether (sulfide) groups is 1. The number of nitrogens with two attached hydrogens (primary N) is 1. The average Bonchev–Trinajstić information content (AvgIpc) is 2.73. The molecule has 0 aromatic carbocycles. The van der Waals surface area contributed by atoms with Gasteiger partial charge < -0.3 is 15.7 Å². The summed E-state index contributed by atoms with van der Waals surface area (Å²) in [5.74, 6) is -0.321. The summed E-state index contributed by atoms with van der Waals surface area (Å²) in [6.07, 6.45) is 1.61. The lowest BCUT2D eigenvalue weighted by molar-refractivity contribution is -0.149. The predicted molar refractivity (Wildman–Crippen MR) is 63.0 cm³/mol. The zero-order valence-corrected chi connectivity index (χ0v) is 10.2. The third kappa shape index (κ3) is 2.89. The van der Waals surface area contributed by atoms with Crippen LogP contribution in [0.15, 0.2) is 0 Å². The first-order chi connectivity index (χ1) is 7.61. The molecule has 0 aromatic rings. The van der Waals surface area contributed by atoms with Crippen molar-refractivity contribution in [3.05, 3.63) is 0 Å². The zero-order chi connectivity index (χ0) is 12.1. The minimum absolute atomic E-state index is 0.109. The van der Waals surface area contributed by atoms with Crippen molar-refractivity contribution >= 4 is 23.6 Å². The molecule has 1 amide bonds. The standard InChI is InChI=1S/C10H18N2O3S/c1-2-3-7(4-11)9(13)12-6-16-5-8(12)10(14)15/h7-8H,2-6,11H2,1H3,(H,14,15)/t7?,8-/m0/s1. The van der Waals surface area contributed by atoms with E-state index in [4.69, 9.17) is 10.8 Å². The molecule has 0 bridgehead atoms. The molecule has 1 rings (SSSR count). The molecule has 5 nitrogen and oxygen atoms in total. The Hall–Kier alpha value is -0.750. The van der Waals surface area contributed by atoms with Gasteiger partial charge in [-0.3, -0.25) is 4.79 Å². The van der Waals surface area contributed by atoms with E-state index in [0.717, 1.165) is 12.8 Å². The Morgan fingerprint density at radius 1 is 1.62 bits per heavy atom. The average molecular weight is 246 g/mol. The van der Waals surface area contributed by atoms with E-state index in [9.17, 15) is 9.59 Å². The molecule has 1 saturated heterocycles. The number of nitrogens with zero attached hydrogens (tertiary/aromatic N) is 1. The number of carboxylic acids is 1. The van der Waals surface area contributed by atoms with E-state index in [-0.39, 0.29) is 11.8 Å². The quantitative estimate of drug-likeness (QED) is 0.731. The van der Waals surface area contributed by atoms with Crippen LogP contribution < -0.4 is 5.73 Å². The Balaban J connectivity index is 2.67. The normalized spacial score (nSPS) is 22.1. The minimum atomic E-state index is -0.925. The second-order valence-corrected chi connectivity index (χ2v) is 4.88. The summed E-state index contributed by atoms with van der Waals surface area (Å²) in [6, 6.07) is -0.677. The monoisotopic (exact) mass is 246 g/mol. The largest absolute Gasteiger partial charge is 0.480 e. The van der Waals surface area contributed by atoms with E-state index in [1.807, 2.05) is 6.92 Å². The first-order valence-electron chi connectivity index (χ1n) is 5.42. The first kappa shape index (κ1) is 13.3. The van der Waals surface area contributed by atoms with Gasteiger partial charge in [0.1, 0.15) is 6.04 Å². The van der Waals surface area contributed by atoms with Gasteiger partial charge in [-0.1, -0.05) is 13.3 Å². The molecule has 3 N–H and O–H groups in total. The highest BCUT2D eigenvalue weighted by Crippen LogP contribution is 2.24. The molecule has 92 valence electrons. The molecular weight excluding hydrogens is 228 g/mol. The zero-order valence-electron chi connectivity index (χ0n) is 9.39. The van der Waals surface area contributed by atoms with Crippen LogP contribution in [0, 0.1) is 5.92 Å². The number of amides is 1. The van der Waals surface area contributed by atoms with Crippen molar-refractivity contribution in [3.63, 3.8) is 0 Å². The van der Waals surface area contributed by atoms with Crippen molar-refractivity contribution in [3.8, 4) is 0 Å². The fourth-order valence-electron chi connectivity index (χ4n) is 1.79. The molecule has 2 atom stereocenters. The SMILES string of the molecule is CCCC(CN)C(=O)N1CSC[C@H]1C(=O)O. The molecular formula is C10H18N2O3S. The molecule has 0 aromatic heterocycles. The number of carbonyl (C=O) groups excluding carboxylic acids is 1. The number of rotatable bonds is 5. The smallest absolute Gasteiger partial charge is 0.327 e. The van der Waals surface area contributed by atoms with Crippen molar-refractivity contribution in [1.82, 2.24) is 4.90 Å². The lowest BCUT2D eigenvalue weighted by atomic mass is 10.0. The first-order valence-corrected chi connectivity index (χ1v) is 6.58. The van der Waals surface area contributed by atoms with Crippen molar-refractivity contribution in [2.45, 2.75) is 25.8 Å². The van der Waals surface area contributed by atoms with Gasteiger partial charge in [-0.2, -0.15) is 0 Å². The maximum atomic E-state index is 12.1. The molecule has 0 radical (unpaired) electrons. The molecule has 6 heteroatoms. The summed E-state index contributed by atoms with van der Waals surface area (Å²) < 4.78 is 0. The lowest BCUT2D eigenvalue weighted by Gasteiger charge is -2.25. The number of hydrogen-bond donors (Lipinski definition) is 2. The summed E-state index contributed by atoms with van der Waals surface area (Å²) in [5.41, 5.74) is 5.55. The van der Waals surface area contributed by atoms with E-state index in [1.165, 1.54) is 16.7 Å². The Labute approximate surface area is 99.4 Å². The highest BCUT2D eigenvalue weighted by atomic mass is 32.2. The van der Waals surface area contributed by atoms with Gasteiger partial charge in [-0.25, -0.2) is 4.79 Å². The van der Waals surface area contributed by atoms with Gasteiger partial charge in [-0.05, 0) is 6.42 Å². The van der Waals surface area contributed by atoms with Gasteiger partial charge >= 0.3 is 5.97 Å². The Morgan fingerprint density at radius 2 is 2.31 bits per heavy atom. The van der Waals surface area contributed by atoms with Gasteiger partial charge in [0.15, 0.2) is 0 Å². The van der Waals surface area contributed by atoms with Crippen LogP contribution in [0.25, 0.3) is 0 Å². The summed E-state index contributed by atoms with van der Waals surface area (Å²) in [6.45, 7) is 2.28. The maximum absolute atomic E-state index is 12.1. The number of carboxylic acid groups (broad SMARTS) is 1. The molecule has 1 aliphatic heterocycles.